The second-order valence-corrected chi connectivity index (χ2v) is 7.19. The van der Waals surface area contributed by atoms with Gasteiger partial charge in [0.15, 0.2) is 0 Å². The van der Waals surface area contributed by atoms with Crippen molar-refractivity contribution in [2.24, 2.45) is 5.92 Å². The minimum Gasteiger partial charge on any atom is -0.361 e. The van der Waals surface area contributed by atoms with E-state index in [-0.39, 0.29) is 36.6 Å². The van der Waals surface area contributed by atoms with E-state index in [0.717, 1.165) is 55.9 Å². The number of rotatable bonds is 5. The third-order valence-corrected chi connectivity index (χ3v) is 5.27. The van der Waals surface area contributed by atoms with Gasteiger partial charge in [-0.1, -0.05) is 5.16 Å². The molecule has 148 valence electrons. The van der Waals surface area contributed by atoms with Crippen LogP contribution in [-0.2, 0) is 30.8 Å². The van der Waals surface area contributed by atoms with Gasteiger partial charge in [0, 0.05) is 50.1 Å². The van der Waals surface area contributed by atoms with E-state index in [0.29, 0.717) is 6.54 Å². The summed E-state index contributed by atoms with van der Waals surface area (Å²) in [5.74, 6) is 1.34. The Kier molecular flexibility index (Phi) is 7.25. The molecule has 1 aliphatic heterocycles. The molecule has 6 nitrogen and oxygen atoms in total. The maximum atomic E-state index is 11.9. The summed E-state index contributed by atoms with van der Waals surface area (Å²) in [6, 6.07) is 0. The van der Waals surface area contributed by atoms with E-state index in [1.165, 1.54) is 16.7 Å². The van der Waals surface area contributed by atoms with E-state index in [4.69, 9.17) is 4.52 Å². The zero-order chi connectivity index (χ0) is 17.4. The lowest BCUT2D eigenvalue weighted by Crippen LogP contribution is -2.32. The number of pyridine rings is 1. The highest BCUT2D eigenvalue weighted by molar-refractivity contribution is 5.85. The molecule has 1 saturated carbocycles. The third-order valence-electron chi connectivity index (χ3n) is 5.27. The molecule has 1 N–H and O–H groups in total. The standard InChI is InChI=1S/C19H24N4O2.2ClH/c1-12-18(13(2)25-22-12)11-23-6-5-17-15(7-20-8-16(17)10-23)9-21-19(24)14-3-4-14;;/h7-8,14H,3-6,9-11H2,1-2H3,(H,21,24);2*1H. The number of nitrogens with one attached hydrogen (secondary N) is 1. The molecule has 0 spiro atoms. The average Bonchev–Trinajstić information content (AvgIpc) is 3.42. The van der Waals surface area contributed by atoms with Crippen molar-refractivity contribution in [3.63, 3.8) is 0 Å². The van der Waals surface area contributed by atoms with Crippen molar-refractivity contribution < 1.29 is 9.32 Å². The highest BCUT2D eigenvalue weighted by Gasteiger charge is 2.29. The fourth-order valence-corrected chi connectivity index (χ4v) is 3.54. The van der Waals surface area contributed by atoms with Crippen molar-refractivity contribution in [1.82, 2.24) is 20.4 Å². The third kappa shape index (κ3) is 4.81. The lowest BCUT2D eigenvalue weighted by atomic mass is 9.96. The van der Waals surface area contributed by atoms with Crippen molar-refractivity contribution in [2.75, 3.05) is 6.54 Å². The maximum absolute atomic E-state index is 11.9. The Balaban J connectivity index is 0.00000131. The Labute approximate surface area is 171 Å². The average molecular weight is 413 g/mol. The molecule has 0 atom stereocenters. The highest BCUT2D eigenvalue weighted by atomic mass is 35.5. The quantitative estimate of drug-likeness (QED) is 0.816. The summed E-state index contributed by atoms with van der Waals surface area (Å²) in [6.45, 7) is 7.27. The molecule has 27 heavy (non-hydrogen) atoms. The van der Waals surface area contributed by atoms with Crippen LogP contribution in [0.3, 0.4) is 0 Å². The van der Waals surface area contributed by atoms with Gasteiger partial charge in [-0.3, -0.25) is 14.7 Å². The maximum Gasteiger partial charge on any atom is 0.223 e. The van der Waals surface area contributed by atoms with Crippen LogP contribution in [0.5, 0.6) is 0 Å². The predicted molar refractivity (Wildman–Crippen MR) is 107 cm³/mol. The Morgan fingerprint density at radius 1 is 1.30 bits per heavy atom. The van der Waals surface area contributed by atoms with E-state index in [9.17, 15) is 4.79 Å². The Bertz CT molecular complexity index is 786. The number of carbonyl (C=O) groups is 1. The molecule has 8 heteroatoms. The van der Waals surface area contributed by atoms with E-state index in [1.807, 2.05) is 26.2 Å². The van der Waals surface area contributed by atoms with Gasteiger partial charge < -0.3 is 9.84 Å². The molecular formula is C19H26Cl2N4O2. The Morgan fingerprint density at radius 3 is 2.74 bits per heavy atom. The van der Waals surface area contributed by atoms with Crippen molar-refractivity contribution in [1.29, 1.82) is 0 Å². The van der Waals surface area contributed by atoms with Gasteiger partial charge in [-0.25, -0.2) is 0 Å². The molecule has 0 radical (unpaired) electrons. The number of halogens is 2. The first-order chi connectivity index (χ1) is 12.1. The first kappa shape index (κ1) is 21.7. The van der Waals surface area contributed by atoms with Crippen LogP contribution >= 0.6 is 24.8 Å². The molecule has 1 fully saturated rings. The Morgan fingerprint density at radius 2 is 2.07 bits per heavy atom. The zero-order valence-corrected chi connectivity index (χ0v) is 17.3. The number of aromatic nitrogens is 2. The van der Waals surface area contributed by atoms with Gasteiger partial charge in [-0.15, -0.1) is 24.8 Å². The fraction of sp³-hybridized carbons (Fsp3) is 0.526. The second-order valence-electron chi connectivity index (χ2n) is 7.19. The number of hydrogen-bond acceptors (Lipinski definition) is 5. The molecule has 0 saturated heterocycles. The molecule has 3 heterocycles. The molecule has 0 aromatic carbocycles. The predicted octanol–water partition coefficient (Wildman–Crippen LogP) is 3.11. The molecule has 0 unspecified atom stereocenters. The molecule has 1 amide bonds. The summed E-state index contributed by atoms with van der Waals surface area (Å²) in [5, 5.41) is 7.11. The number of amides is 1. The van der Waals surface area contributed by atoms with Crippen molar-refractivity contribution in [3.8, 4) is 0 Å². The summed E-state index contributed by atoms with van der Waals surface area (Å²) >= 11 is 0. The lowest BCUT2D eigenvalue weighted by molar-refractivity contribution is -0.122. The van der Waals surface area contributed by atoms with Crippen LogP contribution < -0.4 is 5.32 Å². The largest absolute Gasteiger partial charge is 0.361 e. The topological polar surface area (TPSA) is 71.3 Å². The van der Waals surface area contributed by atoms with E-state index in [2.05, 4.69) is 20.4 Å². The van der Waals surface area contributed by atoms with E-state index < -0.39 is 0 Å². The van der Waals surface area contributed by atoms with Crippen molar-refractivity contribution in [3.05, 3.63) is 46.1 Å². The van der Waals surface area contributed by atoms with Crippen LogP contribution in [0.25, 0.3) is 0 Å². The molecular weight excluding hydrogens is 387 g/mol. The van der Waals surface area contributed by atoms with Crippen molar-refractivity contribution >= 4 is 30.7 Å². The number of hydrogen-bond donors (Lipinski definition) is 1. The summed E-state index contributed by atoms with van der Waals surface area (Å²) in [4.78, 5) is 18.7. The van der Waals surface area contributed by atoms with Crippen LogP contribution in [-0.4, -0.2) is 27.5 Å². The first-order valence-corrected chi connectivity index (χ1v) is 8.98. The normalized spacial score (nSPS) is 16.1. The second kappa shape index (κ2) is 9.04. The summed E-state index contributed by atoms with van der Waals surface area (Å²) in [5.41, 5.74) is 5.92. The van der Waals surface area contributed by atoms with Gasteiger partial charge in [-0.05, 0) is 49.8 Å². The van der Waals surface area contributed by atoms with Crippen LogP contribution in [0.2, 0.25) is 0 Å². The minimum absolute atomic E-state index is 0. The molecule has 4 rings (SSSR count). The highest BCUT2D eigenvalue weighted by Crippen LogP contribution is 2.29. The van der Waals surface area contributed by atoms with Gasteiger partial charge in [0.2, 0.25) is 5.91 Å². The van der Waals surface area contributed by atoms with Crippen LogP contribution in [0.15, 0.2) is 16.9 Å². The fourth-order valence-electron chi connectivity index (χ4n) is 3.54. The van der Waals surface area contributed by atoms with Crippen LogP contribution in [0.4, 0.5) is 0 Å². The number of fused-ring (bicyclic) bond motifs is 1. The molecule has 2 aliphatic rings. The van der Waals surface area contributed by atoms with E-state index >= 15 is 0 Å². The minimum atomic E-state index is 0. The number of aryl methyl sites for hydroxylation is 2. The lowest BCUT2D eigenvalue weighted by Gasteiger charge is -2.29. The summed E-state index contributed by atoms with van der Waals surface area (Å²) in [6.07, 6.45) is 6.91. The van der Waals surface area contributed by atoms with Gasteiger partial charge in [0.25, 0.3) is 0 Å². The smallest absolute Gasteiger partial charge is 0.223 e. The van der Waals surface area contributed by atoms with Gasteiger partial charge in [0.1, 0.15) is 5.76 Å². The molecule has 2 aromatic heterocycles. The molecule has 2 aromatic rings. The summed E-state index contributed by atoms with van der Waals surface area (Å²) < 4.78 is 5.27. The zero-order valence-electron chi connectivity index (χ0n) is 15.7. The van der Waals surface area contributed by atoms with Gasteiger partial charge in [-0.2, -0.15) is 0 Å². The van der Waals surface area contributed by atoms with Crippen LogP contribution in [0.1, 0.15) is 46.5 Å². The number of nitrogens with zero attached hydrogens (tertiary/aromatic N) is 3. The Hall–Kier alpha value is -1.63. The number of carbonyl (C=O) groups excluding carboxylic acids is 1. The van der Waals surface area contributed by atoms with Crippen LogP contribution in [0, 0.1) is 19.8 Å². The van der Waals surface area contributed by atoms with Crippen molar-refractivity contribution in [2.45, 2.75) is 52.7 Å². The SMILES string of the molecule is Cc1noc(C)c1CN1CCc2c(CNC(=O)C3CC3)cncc2C1.Cl.Cl. The first-order valence-electron chi connectivity index (χ1n) is 8.98. The molecule has 1 aliphatic carbocycles. The molecule has 0 bridgehead atoms. The monoisotopic (exact) mass is 412 g/mol. The van der Waals surface area contributed by atoms with Gasteiger partial charge >= 0.3 is 0 Å². The van der Waals surface area contributed by atoms with Gasteiger partial charge in [0.05, 0.1) is 5.69 Å². The van der Waals surface area contributed by atoms with E-state index in [1.54, 1.807) is 0 Å². The summed E-state index contributed by atoms with van der Waals surface area (Å²) in [7, 11) is 0.